The third-order valence-corrected chi connectivity index (χ3v) is 5.44. The lowest BCUT2D eigenvalue weighted by molar-refractivity contribution is 0.102. The van der Waals surface area contributed by atoms with E-state index in [9.17, 15) is 4.79 Å². The monoisotopic (exact) mass is 401 g/mol. The van der Waals surface area contributed by atoms with Crippen LogP contribution in [0.1, 0.15) is 15.9 Å². The first kappa shape index (κ1) is 20.0. The SMILES string of the molecule is COc1cccc(N2CCN(Cc3ccc(C(=O)Nc4ccccc4)cc3)CC2)c1. The van der Waals surface area contributed by atoms with Crippen molar-refractivity contribution in [1.82, 2.24) is 4.90 Å². The minimum atomic E-state index is -0.0837. The van der Waals surface area contributed by atoms with Crippen molar-refractivity contribution >= 4 is 17.3 Å². The van der Waals surface area contributed by atoms with Gasteiger partial charge in [0.1, 0.15) is 5.75 Å². The Labute approximate surface area is 177 Å². The normalized spacial score (nSPS) is 14.4. The molecular weight excluding hydrogens is 374 g/mol. The molecule has 0 aromatic heterocycles. The van der Waals surface area contributed by atoms with E-state index in [2.05, 4.69) is 27.2 Å². The lowest BCUT2D eigenvalue weighted by Gasteiger charge is -2.36. The molecule has 154 valence electrons. The second-order valence-corrected chi connectivity index (χ2v) is 7.48. The zero-order chi connectivity index (χ0) is 20.8. The van der Waals surface area contributed by atoms with E-state index in [1.807, 2.05) is 66.7 Å². The van der Waals surface area contributed by atoms with E-state index < -0.39 is 0 Å². The van der Waals surface area contributed by atoms with Gasteiger partial charge in [-0.2, -0.15) is 0 Å². The van der Waals surface area contributed by atoms with Gasteiger partial charge >= 0.3 is 0 Å². The first-order valence-electron chi connectivity index (χ1n) is 10.3. The van der Waals surface area contributed by atoms with Gasteiger partial charge in [-0.3, -0.25) is 9.69 Å². The molecule has 0 saturated carbocycles. The molecular formula is C25H27N3O2. The van der Waals surface area contributed by atoms with Crippen LogP contribution in [0.4, 0.5) is 11.4 Å². The fourth-order valence-electron chi connectivity index (χ4n) is 3.72. The highest BCUT2D eigenvalue weighted by Crippen LogP contribution is 2.22. The number of carbonyl (C=O) groups is 1. The molecule has 1 aliphatic rings. The Kier molecular flexibility index (Phi) is 6.30. The van der Waals surface area contributed by atoms with Gasteiger partial charge < -0.3 is 15.0 Å². The number of ether oxygens (including phenoxy) is 1. The predicted octanol–water partition coefficient (Wildman–Crippen LogP) is 4.27. The lowest BCUT2D eigenvalue weighted by atomic mass is 10.1. The second kappa shape index (κ2) is 9.46. The van der Waals surface area contributed by atoms with E-state index in [4.69, 9.17) is 4.74 Å². The van der Waals surface area contributed by atoms with Crippen molar-refractivity contribution in [3.05, 3.63) is 90.0 Å². The fourth-order valence-corrected chi connectivity index (χ4v) is 3.72. The molecule has 0 aliphatic carbocycles. The Balaban J connectivity index is 1.29. The van der Waals surface area contributed by atoms with Gasteiger partial charge in [0.05, 0.1) is 7.11 Å². The van der Waals surface area contributed by atoms with Crippen LogP contribution in [0.5, 0.6) is 5.75 Å². The summed E-state index contributed by atoms with van der Waals surface area (Å²) in [4.78, 5) is 17.2. The van der Waals surface area contributed by atoms with E-state index in [1.165, 1.54) is 11.3 Å². The first-order valence-corrected chi connectivity index (χ1v) is 10.3. The first-order chi connectivity index (χ1) is 14.7. The van der Waals surface area contributed by atoms with Crippen LogP contribution in [0.2, 0.25) is 0 Å². The third-order valence-electron chi connectivity index (χ3n) is 5.44. The van der Waals surface area contributed by atoms with Gasteiger partial charge in [0.25, 0.3) is 5.91 Å². The Morgan fingerprint density at radius 3 is 2.33 bits per heavy atom. The molecule has 1 aliphatic heterocycles. The summed E-state index contributed by atoms with van der Waals surface area (Å²) in [5.74, 6) is 0.811. The van der Waals surface area contributed by atoms with Crippen LogP contribution in [0.3, 0.4) is 0 Å². The van der Waals surface area contributed by atoms with Gasteiger partial charge in [0.2, 0.25) is 0 Å². The number of nitrogens with one attached hydrogen (secondary N) is 1. The Bertz CT molecular complexity index is 965. The molecule has 5 heteroatoms. The molecule has 1 amide bonds. The average molecular weight is 402 g/mol. The molecule has 30 heavy (non-hydrogen) atoms. The van der Waals surface area contributed by atoms with Gasteiger partial charge in [-0.15, -0.1) is 0 Å². The molecule has 5 nitrogen and oxygen atoms in total. The Hall–Kier alpha value is -3.31. The van der Waals surface area contributed by atoms with Crippen molar-refractivity contribution in [2.75, 3.05) is 43.5 Å². The molecule has 4 rings (SSSR count). The van der Waals surface area contributed by atoms with Gasteiger partial charge in [0.15, 0.2) is 0 Å². The maximum atomic E-state index is 12.4. The summed E-state index contributed by atoms with van der Waals surface area (Å²) in [6.07, 6.45) is 0. The summed E-state index contributed by atoms with van der Waals surface area (Å²) in [6.45, 7) is 4.89. The van der Waals surface area contributed by atoms with E-state index >= 15 is 0 Å². The van der Waals surface area contributed by atoms with Gasteiger partial charge in [-0.1, -0.05) is 36.4 Å². The zero-order valence-electron chi connectivity index (χ0n) is 17.3. The van der Waals surface area contributed by atoms with Gasteiger partial charge in [-0.05, 0) is 42.0 Å². The van der Waals surface area contributed by atoms with E-state index in [0.717, 1.165) is 44.2 Å². The van der Waals surface area contributed by atoms with Gasteiger partial charge in [-0.25, -0.2) is 0 Å². The molecule has 1 N–H and O–H groups in total. The van der Waals surface area contributed by atoms with Crippen LogP contribution in [-0.4, -0.2) is 44.1 Å². The predicted molar refractivity (Wildman–Crippen MR) is 121 cm³/mol. The molecule has 1 heterocycles. The van der Waals surface area contributed by atoms with Crippen molar-refractivity contribution in [2.24, 2.45) is 0 Å². The zero-order valence-corrected chi connectivity index (χ0v) is 17.3. The molecule has 0 atom stereocenters. The summed E-state index contributed by atoms with van der Waals surface area (Å²) in [7, 11) is 1.70. The van der Waals surface area contributed by atoms with Crippen LogP contribution in [0.25, 0.3) is 0 Å². The number of methoxy groups -OCH3 is 1. The number of benzene rings is 3. The smallest absolute Gasteiger partial charge is 0.255 e. The lowest BCUT2D eigenvalue weighted by Crippen LogP contribution is -2.45. The summed E-state index contributed by atoms with van der Waals surface area (Å²) in [5, 5.41) is 2.92. The summed E-state index contributed by atoms with van der Waals surface area (Å²) >= 11 is 0. The Morgan fingerprint density at radius 1 is 0.900 bits per heavy atom. The summed E-state index contributed by atoms with van der Waals surface area (Å²) in [5.41, 5.74) is 3.91. The summed E-state index contributed by atoms with van der Waals surface area (Å²) in [6, 6.07) is 25.7. The number of piperazine rings is 1. The highest BCUT2D eigenvalue weighted by Gasteiger charge is 2.18. The van der Waals surface area contributed by atoms with Crippen LogP contribution < -0.4 is 15.0 Å². The number of hydrogen-bond donors (Lipinski definition) is 1. The molecule has 0 bridgehead atoms. The molecule has 1 saturated heterocycles. The molecule has 3 aromatic carbocycles. The van der Waals surface area contributed by atoms with Gasteiger partial charge in [0, 0.05) is 55.7 Å². The van der Waals surface area contributed by atoms with E-state index in [0.29, 0.717) is 5.56 Å². The number of para-hydroxylation sites is 1. The standard InChI is InChI=1S/C25H27N3O2/c1-30-24-9-5-8-23(18-24)28-16-14-27(15-17-28)19-20-10-12-21(13-11-20)25(29)26-22-6-3-2-4-7-22/h2-13,18H,14-17,19H2,1H3,(H,26,29). The van der Waals surface area contributed by atoms with Crippen LogP contribution >= 0.6 is 0 Å². The van der Waals surface area contributed by atoms with Crippen molar-refractivity contribution in [2.45, 2.75) is 6.54 Å². The van der Waals surface area contributed by atoms with Crippen LogP contribution in [0, 0.1) is 0 Å². The summed E-state index contributed by atoms with van der Waals surface area (Å²) < 4.78 is 5.34. The highest BCUT2D eigenvalue weighted by atomic mass is 16.5. The van der Waals surface area contributed by atoms with Crippen molar-refractivity contribution in [1.29, 1.82) is 0 Å². The number of hydrogen-bond acceptors (Lipinski definition) is 4. The fraction of sp³-hybridized carbons (Fsp3) is 0.240. The topological polar surface area (TPSA) is 44.8 Å². The van der Waals surface area contributed by atoms with Crippen molar-refractivity contribution in [3.8, 4) is 5.75 Å². The highest BCUT2D eigenvalue weighted by molar-refractivity contribution is 6.04. The molecule has 0 spiro atoms. The number of anilines is 2. The quantitative estimate of drug-likeness (QED) is 0.670. The molecule has 0 unspecified atom stereocenters. The number of amides is 1. The average Bonchev–Trinajstić information content (AvgIpc) is 2.81. The minimum Gasteiger partial charge on any atom is -0.497 e. The largest absolute Gasteiger partial charge is 0.497 e. The Morgan fingerprint density at radius 2 is 1.63 bits per heavy atom. The van der Waals surface area contributed by atoms with Crippen LogP contribution in [0.15, 0.2) is 78.9 Å². The molecule has 3 aromatic rings. The minimum absolute atomic E-state index is 0.0837. The second-order valence-electron chi connectivity index (χ2n) is 7.48. The van der Waals surface area contributed by atoms with E-state index in [-0.39, 0.29) is 5.91 Å². The number of nitrogens with zero attached hydrogens (tertiary/aromatic N) is 2. The van der Waals surface area contributed by atoms with E-state index in [1.54, 1.807) is 7.11 Å². The third kappa shape index (κ3) is 4.99. The maximum absolute atomic E-state index is 12.4. The number of carbonyl (C=O) groups excluding carboxylic acids is 1. The molecule has 1 fully saturated rings. The van der Waals surface area contributed by atoms with Crippen molar-refractivity contribution < 1.29 is 9.53 Å². The maximum Gasteiger partial charge on any atom is 0.255 e. The number of rotatable bonds is 6. The van der Waals surface area contributed by atoms with Crippen molar-refractivity contribution in [3.63, 3.8) is 0 Å². The molecule has 0 radical (unpaired) electrons. The van der Waals surface area contributed by atoms with Crippen LogP contribution in [-0.2, 0) is 6.54 Å².